The fourth-order valence-electron chi connectivity index (χ4n) is 2.27. The van der Waals surface area contributed by atoms with Crippen LogP contribution in [0.1, 0.15) is 10.4 Å². The number of aromatic nitrogens is 2. The summed E-state index contributed by atoms with van der Waals surface area (Å²) in [6.45, 7) is -2.89. The lowest BCUT2D eigenvalue weighted by molar-refractivity contribution is -0.0498. The summed E-state index contributed by atoms with van der Waals surface area (Å²) in [6, 6.07) is 12.4. The van der Waals surface area contributed by atoms with Crippen LogP contribution in [0.5, 0.6) is 17.4 Å². The zero-order chi connectivity index (χ0) is 20.8. The number of esters is 1. The maximum absolute atomic E-state index is 12.2. The summed E-state index contributed by atoms with van der Waals surface area (Å²) in [6.07, 6.45) is 1.47. The molecule has 0 aliphatic rings. The summed E-state index contributed by atoms with van der Waals surface area (Å²) >= 11 is 3.30. The topological polar surface area (TPSA) is 82.6 Å². The van der Waals surface area contributed by atoms with Crippen LogP contribution in [0.15, 0.2) is 59.2 Å². The van der Waals surface area contributed by atoms with Gasteiger partial charge in [0.25, 0.3) is 0 Å². The Balaban J connectivity index is 1.80. The Morgan fingerprint density at radius 3 is 2.55 bits per heavy atom. The van der Waals surface area contributed by atoms with E-state index in [1.807, 2.05) is 0 Å². The third kappa shape index (κ3) is 5.38. The lowest BCUT2D eigenvalue weighted by Crippen LogP contribution is -2.05. The molecule has 150 valence electrons. The van der Waals surface area contributed by atoms with E-state index in [4.69, 9.17) is 9.47 Å². The molecule has 1 aromatic heterocycles. The molecule has 1 N–H and O–H groups in total. The van der Waals surface area contributed by atoms with Crippen molar-refractivity contribution in [3.8, 4) is 17.4 Å². The maximum atomic E-state index is 12.2. The van der Waals surface area contributed by atoms with Crippen molar-refractivity contribution >= 4 is 33.5 Å². The zero-order valence-electron chi connectivity index (χ0n) is 14.9. The van der Waals surface area contributed by atoms with Gasteiger partial charge in [-0.1, -0.05) is 12.1 Å². The van der Waals surface area contributed by atoms with Crippen LogP contribution in [0.3, 0.4) is 0 Å². The van der Waals surface area contributed by atoms with Gasteiger partial charge < -0.3 is 19.5 Å². The van der Waals surface area contributed by atoms with Crippen molar-refractivity contribution in [1.82, 2.24) is 9.97 Å². The molecule has 3 aromatic rings. The summed E-state index contributed by atoms with van der Waals surface area (Å²) in [4.78, 5) is 20.3. The Kier molecular flexibility index (Phi) is 6.55. The van der Waals surface area contributed by atoms with E-state index in [2.05, 4.69) is 36.0 Å². The molecule has 0 saturated carbocycles. The van der Waals surface area contributed by atoms with E-state index in [0.29, 0.717) is 10.2 Å². The summed E-state index contributed by atoms with van der Waals surface area (Å²) in [5, 5.41) is 2.93. The fourth-order valence-corrected chi connectivity index (χ4v) is 2.54. The number of benzene rings is 2. The molecule has 0 aliphatic carbocycles. The van der Waals surface area contributed by atoms with Gasteiger partial charge in [0, 0.05) is 5.69 Å². The monoisotopic (exact) mass is 465 g/mol. The van der Waals surface area contributed by atoms with Gasteiger partial charge in [0.05, 0.1) is 17.8 Å². The van der Waals surface area contributed by atoms with Crippen LogP contribution in [0.4, 0.5) is 20.4 Å². The van der Waals surface area contributed by atoms with Crippen LogP contribution in [0.25, 0.3) is 0 Å². The SMILES string of the molecule is COC(=O)c1ccccc1Oc1nc(Nc2ccc(OC(F)F)cc2)ncc1Br. The molecule has 7 nitrogen and oxygen atoms in total. The summed E-state index contributed by atoms with van der Waals surface area (Å²) in [5.74, 6) is 0.108. The van der Waals surface area contributed by atoms with Crippen LogP contribution in [0, 0.1) is 0 Å². The molecule has 0 unspecified atom stereocenters. The molecule has 1 heterocycles. The van der Waals surface area contributed by atoms with E-state index in [1.165, 1.54) is 37.6 Å². The number of carbonyl (C=O) groups is 1. The molecule has 0 bridgehead atoms. The van der Waals surface area contributed by atoms with Gasteiger partial charge in [-0.3, -0.25) is 0 Å². The Hall–Kier alpha value is -3.27. The van der Waals surface area contributed by atoms with E-state index >= 15 is 0 Å². The Labute approximate surface area is 172 Å². The molecule has 3 rings (SSSR count). The molecular formula is C19H14BrF2N3O4. The number of ether oxygens (including phenoxy) is 3. The highest BCUT2D eigenvalue weighted by Crippen LogP contribution is 2.31. The number of alkyl halides is 2. The molecule has 0 fully saturated rings. The average Bonchev–Trinajstić information content (AvgIpc) is 2.71. The first-order chi connectivity index (χ1) is 14.0. The molecule has 10 heteroatoms. The van der Waals surface area contributed by atoms with Crippen LogP contribution in [0.2, 0.25) is 0 Å². The molecule has 2 aromatic carbocycles. The van der Waals surface area contributed by atoms with Gasteiger partial charge in [0.2, 0.25) is 11.8 Å². The van der Waals surface area contributed by atoms with E-state index in [-0.39, 0.29) is 28.9 Å². The second-order valence-electron chi connectivity index (χ2n) is 5.46. The van der Waals surface area contributed by atoms with Crippen molar-refractivity contribution in [2.24, 2.45) is 0 Å². The molecule has 29 heavy (non-hydrogen) atoms. The summed E-state index contributed by atoms with van der Waals surface area (Å²) < 4.78 is 39.7. The minimum atomic E-state index is -2.89. The number of nitrogens with zero attached hydrogens (tertiary/aromatic N) is 2. The van der Waals surface area contributed by atoms with Crippen molar-refractivity contribution < 1.29 is 27.8 Å². The largest absolute Gasteiger partial charge is 0.465 e. The molecule has 0 saturated heterocycles. The predicted molar refractivity (Wildman–Crippen MR) is 104 cm³/mol. The number of carbonyl (C=O) groups excluding carboxylic acids is 1. The Morgan fingerprint density at radius 2 is 1.86 bits per heavy atom. The second-order valence-corrected chi connectivity index (χ2v) is 6.32. The van der Waals surface area contributed by atoms with Gasteiger partial charge in [-0.05, 0) is 52.3 Å². The van der Waals surface area contributed by atoms with Gasteiger partial charge in [0.15, 0.2) is 0 Å². The third-order valence-electron chi connectivity index (χ3n) is 3.55. The lowest BCUT2D eigenvalue weighted by Gasteiger charge is -2.12. The minimum Gasteiger partial charge on any atom is -0.465 e. The number of hydrogen-bond donors (Lipinski definition) is 1. The van der Waals surface area contributed by atoms with Gasteiger partial charge in [0.1, 0.15) is 17.1 Å². The molecular weight excluding hydrogens is 452 g/mol. The third-order valence-corrected chi connectivity index (χ3v) is 4.09. The fraction of sp³-hybridized carbons (Fsp3) is 0.105. The minimum absolute atomic E-state index is 0.0331. The van der Waals surface area contributed by atoms with Crippen molar-refractivity contribution in [2.45, 2.75) is 6.61 Å². The van der Waals surface area contributed by atoms with Crippen molar-refractivity contribution in [3.05, 3.63) is 64.8 Å². The first-order valence-electron chi connectivity index (χ1n) is 8.16. The first kappa shape index (κ1) is 20.5. The zero-order valence-corrected chi connectivity index (χ0v) is 16.5. The highest BCUT2D eigenvalue weighted by molar-refractivity contribution is 9.10. The maximum Gasteiger partial charge on any atom is 0.387 e. The predicted octanol–water partition coefficient (Wildman–Crippen LogP) is 5.16. The van der Waals surface area contributed by atoms with Crippen molar-refractivity contribution in [3.63, 3.8) is 0 Å². The highest BCUT2D eigenvalue weighted by Gasteiger charge is 2.15. The van der Waals surface area contributed by atoms with E-state index in [1.54, 1.807) is 24.3 Å². The summed E-state index contributed by atoms with van der Waals surface area (Å²) in [5.41, 5.74) is 0.791. The molecule has 0 radical (unpaired) electrons. The summed E-state index contributed by atoms with van der Waals surface area (Å²) in [7, 11) is 1.28. The van der Waals surface area contributed by atoms with Gasteiger partial charge >= 0.3 is 12.6 Å². The van der Waals surface area contributed by atoms with Crippen LogP contribution < -0.4 is 14.8 Å². The van der Waals surface area contributed by atoms with Crippen LogP contribution >= 0.6 is 15.9 Å². The normalized spacial score (nSPS) is 10.5. The second kappa shape index (κ2) is 9.28. The number of anilines is 2. The Morgan fingerprint density at radius 1 is 1.14 bits per heavy atom. The Bertz CT molecular complexity index is 1000. The highest BCUT2D eigenvalue weighted by atomic mass is 79.9. The number of hydrogen-bond acceptors (Lipinski definition) is 7. The standard InChI is InChI=1S/C19H14BrF2N3O4/c1-27-17(26)13-4-2-3-5-15(13)29-16-14(20)10-23-19(25-16)24-11-6-8-12(9-7-11)28-18(21)22/h2-10,18H,1H3,(H,23,24,25). The first-order valence-corrected chi connectivity index (χ1v) is 8.95. The average molecular weight is 466 g/mol. The van der Waals surface area contributed by atoms with Gasteiger partial charge in [-0.15, -0.1) is 0 Å². The molecule has 0 amide bonds. The molecule has 0 spiro atoms. The smallest absolute Gasteiger partial charge is 0.387 e. The van der Waals surface area contributed by atoms with Crippen molar-refractivity contribution in [2.75, 3.05) is 12.4 Å². The van der Waals surface area contributed by atoms with E-state index in [9.17, 15) is 13.6 Å². The van der Waals surface area contributed by atoms with Gasteiger partial charge in [-0.2, -0.15) is 13.8 Å². The van der Waals surface area contributed by atoms with E-state index < -0.39 is 12.6 Å². The molecule has 0 aliphatic heterocycles. The van der Waals surface area contributed by atoms with E-state index in [0.717, 1.165) is 0 Å². The van der Waals surface area contributed by atoms with Crippen molar-refractivity contribution in [1.29, 1.82) is 0 Å². The van der Waals surface area contributed by atoms with Crippen LogP contribution in [-0.2, 0) is 4.74 Å². The number of halogens is 3. The van der Waals surface area contributed by atoms with Gasteiger partial charge in [-0.25, -0.2) is 9.78 Å². The number of rotatable bonds is 7. The lowest BCUT2D eigenvalue weighted by atomic mass is 10.2. The van der Waals surface area contributed by atoms with Crippen LogP contribution in [-0.4, -0.2) is 29.7 Å². The number of nitrogens with one attached hydrogen (secondary N) is 1. The quantitative estimate of drug-likeness (QED) is 0.482. The molecule has 0 atom stereocenters. The number of para-hydroxylation sites is 1. The number of methoxy groups -OCH3 is 1.